The summed E-state index contributed by atoms with van der Waals surface area (Å²) in [6.45, 7) is 0. The van der Waals surface area contributed by atoms with Gasteiger partial charge in [-0.2, -0.15) is 4.68 Å². The normalized spacial score (nSPS) is 21.4. The molecule has 0 fully saturated rings. The standard InChI is InChI=1S/C20H11FN6O3/c1-26-15-11(7-4-8-12(15)21)20(18(26)30)13-14(22-19-23-24-25-27(19)20)9-5-2-3-6-10(9)16(28)17(13)29/h2-8H,1H3,(H,22,23,25). The first kappa shape index (κ1) is 16.7. The van der Waals surface area contributed by atoms with Gasteiger partial charge in [0.05, 0.1) is 17.0 Å². The molecule has 0 bridgehead atoms. The van der Waals surface area contributed by atoms with E-state index in [2.05, 4.69) is 20.8 Å². The van der Waals surface area contributed by atoms with Crippen molar-refractivity contribution >= 4 is 34.8 Å². The molecular weight excluding hydrogens is 391 g/mol. The van der Waals surface area contributed by atoms with Gasteiger partial charge in [0.2, 0.25) is 23.1 Å². The number of likely N-dealkylation sites (N-methyl/N-ethyl adjacent to an activating group) is 1. The molecule has 3 aromatic rings. The minimum absolute atomic E-state index is 0.0109. The summed E-state index contributed by atoms with van der Waals surface area (Å²) in [5, 5.41) is 14.5. The molecule has 3 heterocycles. The van der Waals surface area contributed by atoms with Crippen LogP contribution in [0.4, 0.5) is 16.0 Å². The van der Waals surface area contributed by atoms with Gasteiger partial charge >= 0.3 is 0 Å². The van der Waals surface area contributed by atoms with Gasteiger partial charge in [-0.25, -0.2) is 4.39 Å². The van der Waals surface area contributed by atoms with E-state index < -0.39 is 28.8 Å². The molecule has 9 nitrogen and oxygen atoms in total. The number of nitrogens with one attached hydrogen (secondary N) is 1. The van der Waals surface area contributed by atoms with Crippen molar-refractivity contribution in [3.8, 4) is 0 Å². The molecule has 2 aliphatic heterocycles. The first-order chi connectivity index (χ1) is 14.5. The zero-order chi connectivity index (χ0) is 20.8. The van der Waals surface area contributed by atoms with Crippen LogP contribution >= 0.6 is 0 Å². The number of fused-ring (bicyclic) bond motifs is 7. The summed E-state index contributed by atoms with van der Waals surface area (Å²) in [6.07, 6.45) is 0. The van der Waals surface area contributed by atoms with Crippen molar-refractivity contribution in [1.29, 1.82) is 0 Å². The number of anilines is 2. The van der Waals surface area contributed by atoms with Crippen molar-refractivity contribution in [2.75, 3.05) is 17.3 Å². The summed E-state index contributed by atoms with van der Waals surface area (Å²) >= 11 is 0. The Hall–Kier alpha value is -4.21. The highest BCUT2D eigenvalue weighted by Crippen LogP contribution is 2.53. The summed E-state index contributed by atoms with van der Waals surface area (Å²) in [4.78, 5) is 41.1. The molecule has 1 amide bonds. The Balaban J connectivity index is 1.81. The average Bonchev–Trinajstić information content (AvgIpc) is 3.31. The number of aromatic nitrogens is 4. The molecular formula is C20H11FN6O3. The van der Waals surface area contributed by atoms with Gasteiger partial charge in [0.15, 0.2) is 0 Å². The Morgan fingerprint density at radius 1 is 1.00 bits per heavy atom. The van der Waals surface area contributed by atoms with Crippen LogP contribution in [0.1, 0.15) is 21.5 Å². The maximum absolute atomic E-state index is 14.8. The lowest BCUT2D eigenvalue weighted by Crippen LogP contribution is -2.53. The number of hydrogen-bond donors (Lipinski definition) is 1. The molecule has 1 aromatic heterocycles. The second-order valence-electron chi connectivity index (χ2n) is 7.20. The molecule has 6 rings (SSSR count). The van der Waals surface area contributed by atoms with Gasteiger partial charge in [0.1, 0.15) is 5.82 Å². The molecule has 146 valence electrons. The van der Waals surface area contributed by atoms with Crippen LogP contribution in [0.5, 0.6) is 0 Å². The third-order valence-electron chi connectivity index (χ3n) is 5.84. The lowest BCUT2D eigenvalue weighted by atomic mass is 9.73. The average molecular weight is 402 g/mol. The molecule has 0 saturated carbocycles. The van der Waals surface area contributed by atoms with E-state index >= 15 is 0 Å². The van der Waals surface area contributed by atoms with Crippen LogP contribution in [0.15, 0.2) is 48.0 Å². The number of rotatable bonds is 0. The van der Waals surface area contributed by atoms with Crippen molar-refractivity contribution in [1.82, 2.24) is 20.2 Å². The third-order valence-corrected chi connectivity index (χ3v) is 5.84. The van der Waals surface area contributed by atoms with E-state index in [0.717, 1.165) is 9.58 Å². The van der Waals surface area contributed by atoms with Crippen molar-refractivity contribution < 1.29 is 18.8 Å². The fourth-order valence-electron chi connectivity index (χ4n) is 4.62. The first-order valence-corrected chi connectivity index (χ1v) is 9.04. The van der Waals surface area contributed by atoms with Crippen LogP contribution in [0, 0.1) is 5.82 Å². The van der Waals surface area contributed by atoms with Crippen molar-refractivity contribution in [2.45, 2.75) is 5.54 Å². The van der Waals surface area contributed by atoms with Crippen LogP contribution in [-0.2, 0) is 15.1 Å². The van der Waals surface area contributed by atoms with Crippen LogP contribution in [0.25, 0.3) is 5.70 Å². The van der Waals surface area contributed by atoms with Gasteiger partial charge in [-0.05, 0) is 16.5 Å². The van der Waals surface area contributed by atoms with Gasteiger partial charge < -0.3 is 10.2 Å². The summed E-state index contributed by atoms with van der Waals surface area (Å²) in [5.41, 5.74) is -0.890. The Bertz CT molecular complexity index is 1380. The molecule has 1 unspecified atom stereocenters. The number of halogens is 1. The minimum Gasteiger partial charge on any atom is -0.322 e. The number of tetrazole rings is 1. The molecule has 1 aliphatic carbocycles. The van der Waals surface area contributed by atoms with Crippen LogP contribution in [-0.4, -0.2) is 44.7 Å². The zero-order valence-corrected chi connectivity index (χ0v) is 15.4. The number of nitrogens with zero attached hydrogens (tertiary/aromatic N) is 5. The summed E-state index contributed by atoms with van der Waals surface area (Å²) in [5.74, 6) is -2.78. The molecule has 1 N–H and O–H groups in total. The summed E-state index contributed by atoms with van der Waals surface area (Å²) in [7, 11) is 1.41. The molecule has 1 atom stereocenters. The Labute approximate surface area is 167 Å². The lowest BCUT2D eigenvalue weighted by molar-refractivity contribution is -0.125. The highest BCUT2D eigenvalue weighted by molar-refractivity contribution is 6.54. The van der Waals surface area contributed by atoms with Gasteiger partial charge in [-0.15, -0.1) is 0 Å². The zero-order valence-electron chi connectivity index (χ0n) is 15.4. The number of Topliss-reactive ketones (excluding diaryl/α,β-unsaturated/α-hetero) is 2. The van der Waals surface area contributed by atoms with E-state index in [-0.39, 0.29) is 34.0 Å². The fraction of sp³-hybridized carbons (Fsp3) is 0.100. The predicted molar refractivity (Wildman–Crippen MR) is 101 cm³/mol. The number of para-hydroxylation sites is 1. The summed E-state index contributed by atoms with van der Waals surface area (Å²) < 4.78 is 15.9. The highest BCUT2D eigenvalue weighted by Gasteiger charge is 2.63. The molecule has 0 saturated heterocycles. The van der Waals surface area contributed by atoms with E-state index in [1.165, 1.54) is 19.2 Å². The largest absolute Gasteiger partial charge is 0.322 e. The summed E-state index contributed by atoms with van der Waals surface area (Å²) in [6, 6.07) is 10.8. The second-order valence-corrected chi connectivity index (χ2v) is 7.20. The SMILES string of the molecule is CN1C(=O)C2(C3=C(Nc4nnnn42)c2ccccc2C(=O)C3=O)c2cccc(F)c21. The van der Waals surface area contributed by atoms with Crippen LogP contribution in [0.3, 0.4) is 0 Å². The minimum atomic E-state index is -1.90. The number of ketones is 2. The Kier molecular flexibility index (Phi) is 2.91. The topological polar surface area (TPSA) is 110 Å². The third kappa shape index (κ3) is 1.64. The Morgan fingerprint density at radius 3 is 2.57 bits per heavy atom. The quantitative estimate of drug-likeness (QED) is 0.562. The Morgan fingerprint density at radius 2 is 1.77 bits per heavy atom. The van der Waals surface area contributed by atoms with E-state index in [9.17, 15) is 18.8 Å². The van der Waals surface area contributed by atoms with E-state index in [4.69, 9.17) is 0 Å². The van der Waals surface area contributed by atoms with E-state index in [1.807, 2.05) is 0 Å². The monoisotopic (exact) mass is 402 g/mol. The number of hydrogen-bond acceptors (Lipinski definition) is 7. The predicted octanol–water partition coefficient (Wildman–Crippen LogP) is 1.13. The number of benzene rings is 2. The number of amides is 1. The van der Waals surface area contributed by atoms with Gasteiger partial charge in [0, 0.05) is 23.7 Å². The maximum atomic E-state index is 14.8. The van der Waals surface area contributed by atoms with Crippen molar-refractivity contribution in [3.63, 3.8) is 0 Å². The molecule has 10 heteroatoms. The van der Waals surface area contributed by atoms with Crippen molar-refractivity contribution in [2.24, 2.45) is 0 Å². The lowest BCUT2D eigenvalue weighted by Gasteiger charge is -2.38. The van der Waals surface area contributed by atoms with E-state index in [1.54, 1.807) is 30.3 Å². The van der Waals surface area contributed by atoms with Crippen LogP contribution in [0.2, 0.25) is 0 Å². The molecule has 30 heavy (non-hydrogen) atoms. The van der Waals surface area contributed by atoms with Gasteiger partial charge in [-0.3, -0.25) is 14.4 Å². The second kappa shape index (κ2) is 5.23. The van der Waals surface area contributed by atoms with Gasteiger partial charge in [-0.1, -0.05) is 41.5 Å². The smallest absolute Gasteiger partial charge is 0.264 e. The van der Waals surface area contributed by atoms with Crippen molar-refractivity contribution in [3.05, 3.63) is 70.5 Å². The number of carbonyl (C=O) groups is 3. The fourth-order valence-corrected chi connectivity index (χ4v) is 4.62. The number of carbonyl (C=O) groups excluding carboxylic acids is 3. The first-order valence-electron chi connectivity index (χ1n) is 9.04. The molecule has 0 radical (unpaired) electrons. The molecule has 2 aromatic carbocycles. The van der Waals surface area contributed by atoms with Gasteiger partial charge in [0.25, 0.3) is 5.91 Å². The van der Waals surface area contributed by atoms with E-state index in [0.29, 0.717) is 5.56 Å². The highest BCUT2D eigenvalue weighted by atomic mass is 19.1. The van der Waals surface area contributed by atoms with Crippen LogP contribution < -0.4 is 10.2 Å². The maximum Gasteiger partial charge on any atom is 0.264 e. The molecule has 3 aliphatic rings. The molecule has 1 spiro atoms.